The van der Waals surface area contributed by atoms with Gasteiger partial charge >= 0.3 is 0 Å². The molecule has 17 heavy (non-hydrogen) atoms. The monoisotopic (exact) mass is 267 g/mol. The molecule has 88 valence electrons. The Morgan fingerprint density at radius 3 is 3.00 bits per heavy atom. The first-order valence-electron chi connectivity index (χ1n) is 4.60. The summed E-state index contributed by atoms with van der Waals surface area (Å²) >= 11 is 2.61. The highest BCUT2D eigenvalue weighted by Gasteiger charge is 2.14. The molecule has 0 bridgehead atoms. The van der Waals surface area contributed by atoms with Gasteiger partial charge in [0.1, 0.15) is 11.4 Å². The molecule has 0 fully saturated rings. The average molecular weight is 267 g/mol. The lowest BCUT2D eigenvalue weighted by Gasteiger charge is -2.07. The van der Waals surface area contributed by atoms with Gasteiger partial charge in [-0.05, 0) is 41.8 Å². The first-order chi connectivity index (χ1) is 8.22. The zero-order valence-corrected chi connectivity index (χ0v) is 10.5. The van der Waals surface area contributed by atoms with Gasteiger partial charge in [-0.25, -0.2) is 9.97 Å². The van der Waals surface area contributed by atoms with Crippen LogP contribution in [0.4, 0.5) is 0 Å². The van der Waals surface area contributed by atoms with E-state index in [0.717, 1.165) is 9.90 Å². The molecule has 0 aliphatic heterocycles. The number of hydrogen-bond acceptors (Lipinski definition) is 7. The largest absolute Gasteiger partial charge is 0.409 e. The molecular formula is C9H9N5OS2. The van der Waals surface area contributed by atoms with E-state index in [1.807, 2.05) is 6.92 Å². The average Bonchev–Trinajstić information content (AvgIpc) is 2.81. The Balaban J connectivity index is 2.43. The van der Waals surface area contributed by atoms with Gasteiger partial charge in [0.15, 0.2) is 10.2 Å². The van der Waals surface area contributed by atoms with Gasteiger partial charge in [0.05, 0.1) is 5.56 Å². The fraction of sp³-hybridized carbons (Fsp3) is 0.111. The van der Waals surface area contributed by atoms with Crippen molar-refractivity contribution in [2.24, 2.45) is 10.9 Å². The summed E-state index contributed by atoms with van der Waals surface area (Å²) in [4.78, 5) is 8.27. The summed E-state index contributed by atoms with van der Waals surface area (Å²) in [5.74, 6) is 0.0441. The Bertz CT molecular complexity index is 540. The molecule has 0 saturated heterocycles. The third-order valence-corrected chi connectivity index (χ3v) is 3.73. The second-order valence-electron chi connectivity index (χ2n) is 3.10. The van der Waals surface area contributed by atoms with Gasteiger partial charge in [0, 0.05) is 6.20 Å². The van der Waals surface area contributed by atoms with Crippen LogP contribution >= 0.6 is 23.3 Å². The maximum atomic E-state index is 8.76. The minimum absolute atomic E-state index is 0.0441. The number of pyridine rings is 1. The van der Waals surface area contributed by atoms with E-state index in [9.17, 15) is 0 Å². The molecule has 2 aromatic heterocycles. The van der Waals surface area contributed by atoms with E-state index >= 15 is 0 Å². The number of nitrogens with zero attached hydrogens (tertiary/aromatic N) is 4. The van der Waals surface area contributed by atoms with E-state index in [1.165, 1.54) is 29.6 Å². The van der Waals surface area contributed by atoms with E-state index in [1.54, 1.807) is 12.3 Å². The van der Waals surface area contributed by atoms with Gasteiger partial charge in [0.25, 0.3) is 0 Å². The third-order valence-electron chi connectivity index (χ3n) is 2.01. The normalized spacial score (nSPS) is 11.7. The Hall–Kier alpha value is -1.67. The lowest BCUT2D eigenvalue weighted by molar-refractivity contribution is 0.318. The van der Waals surface area contributed by atoms with E-state index in [0.29, 0.717) is 10.6 Å². The molecule has 0 spiro atoms. The molecule has 0 unspecified atom stereocenters. The predicted octanol–water partition coefficient (Wildman–Crippen LogP) is 1.49. The molecule has 0 amide bonds. The molecule has 6 nitrogen and oxygen atoms in total. The molecule has 2 heterocycles. The molecule has 2 aromatic rings. The minimum Gasteiger partial charge on any atom is -0.409 e. The number of aryl methyl sites for hydroxylation is 1. The summed E-state index contributed by atoms with van der Waals surface area (Å²) < 4.78 is 4.67. The fourth-order valence-electron chi connectivity index (χ4n) is 1.26. The van der Waals surface area contributed by atoms with Crippen LogP contribution in [0.5, 0.6) is 0 Å². The molecule has 8 heteroatoms. The van der Waals surface area contributed by atoms with Gasteiger partial charge in [-0.3, -0.25) is 0 Å². The first-order valence-corrected chi connectivity index (χ1v) is 6.19. The highest BCUT2D eigenvalue weighted by Crippen LogP contribution is 2.30. The van der Waals surface area contributed by atoms with E-state index in [2.05, 4.69) is 19.5 Å². The van der Waals surface area contributed by atoms with Crippen molar-refractivity contribution in [3.63, 3.8) is 0 Å². The zero-order chi connectivity index (χ0) is 12.3. The van der Waals surface area contributed by atoms with Crippen LogP contribution in [0, 0.1) is 6.92 Å². The van der Waals surface area contributed by atoms with Crippen LogP contribution in [0.1, 0.15) is 11.1 Å². The number of nitrogens with two attached hydrogens (primary N) is 1. The summed E-state index contributed by atoms with van der Waals surface area (Å²) in [6.45, 7) is 1.87. The maximum absolute atomic E-state index is 8.76. The van der Waals surface area contributed by atoms with Crippen LogP contribution in [-0.2, 0) is 0 Å². The van der Waals surface area contributed by atoms with Crippen molar-refractivity contribution >= 4 is 29.1 Å². The molecule has 0 aromatic carbocycles. The Morgan fingerprint density at radius 2 is 2.35 bits per heavy atom. The van der Waals surface area contributed by atoms with Gasteiger partial charge in [-0.1, -0.05) is 5.16 Å². The van der Waals surface area contributed by atoms with Crippen LogP contribution in [0.3, 0.4) is 0 Å². The van der Waals surface area contributed by atoms with Gasteiger partial charge in [-0.15, -0.1) is 0 Å². The Morgan fingerprint density at radius 1 is 1.53 bits per heavy atom. The maximum Gasteiger partial charge on any atom is 0.176 e. The molecular weight excluding hydrogens is 258 g/mol. The third kappa shape index (κ3) is 2.53. The minimum atomic E-state index is 0.0441. The number of amidine groups is 1. The number of rotatable bonds is 3. The fourth-order valence-corrected chi connectivity index (χ4v) is 2.80. The van der Waals surface area contributed by atoms with Crippen LogP contribution < -0.4 is 5.73 Å². The van der Waals surface area contributed by atoms with E-state index in [4.69, 9.17) is 10.9 Å². The first kappa shape index (κ1) is 11.8. The van der Waals surface area contributed by atoms with Crippen LogP contribution in [0.2, 0.25) is 0 Å². The molecule has 3 N–H and O–H groups in total. The van der Waals surface area contributed by atoms with Gasteiger partial charge in [-0.2, -0.15) is 4.37 Å². The summed E-state index contributed by atoms with van der Waals surface area (Å²) in [7, 11) is 0. The Labute approximate surface area is 106 Å². The summed E-state index contributed by atoms with van der Waals surface area (Å²) in [5, 5.41) is 12.4. The van der Waals surface area contributed by atoms with Gasteiger partial charge < -0.3 is 10.9 Å². The SMILES string of the molecule is Cc1ccnc(Sc2ncns2)c1/C(N)=N/O. The van der Waals surface area contributed by atoms with Crippen molar-refractivity contribution in [2.75, 3.05) is 0 Å². The lowest BCUT2D eigenvalue weighted by Crippen LogP contribution is -2.16. The van der Waals surface area contributed by atoms with Crippen molar-refractivity contribution in [3.05, 3.63) is 29.7 Å². The lowest BCUT2D eigenvalue weighted by atomic mass is 10.1. The van der Waals surface area contributed by atoms with Crippen molar-refractivity contribution in [1.29, 1.82) is 0 Å². The highest BCUT2D eigenvalue weighted by atomic mass is 32.2. The quantitative estimate of drug-likeness (QED) is 0.378. The molecule has 0 aliphatic rings. The summed E-state index contributed by atoms with van der Waals surface area (Å²) in [6.07, 6.45) is 3.15. The smallest absolute Gasteiger partial charge is 0.176 e. The standard InChI is InChI=1S/C9H9N5OS2/c1-5-2-3-11-8(6(5)7(10)14-15)16-9-12-4-13-17-9/h2-4,15H,1H3,(H2,10,14). The van der Waals surface area contributed by atoms with Crippen molar-refractivity contribution in [1.82, 2.24) is 14.3 Å². The molecule has 2 rings (SSSR count). The van der Waals surface area contributed by atoms with Crippen molar-refractivity contribution in [2.45, 2.75) is 16.3 Å². The van der Waals surface area contributed by atoms with Crippen LogP contribution in [-0.4, -0.2) is 25.4 Å². The highest BCUT2D eigenvalue weighted by molar-refractivity contribution is 8.01. The molecule has 0 aliphatic carbocycles. The predicted molar refractivity (Wildman–Crippen MR) is 65.5 cm³/mol. The number of oxime groups is 1. The van der Waals surface area contributed by atoms with Crippen molar-refractivity contribution in [3.8, 4) is 0 Å². The molecule has 0 saturated carbocycles. The van der Waals surface area contributed by atoms with E-state index < -0.39 is 0 Å². The Kier molecular flexibility index (Phi) is 3.55. The second kappa shape index (κ2) is 5.11. The summed E-state index contributed by atoms with van der Waals surface area (Å²) in [6, 6.07) is 1.80. The van der Waals surface area contributed by atoms with Crippen LogP contribution in [0.15, 0.2) is 33.1 Å². The topological polar surface area (TPSA) is 97.3 Å². The van der Waals surface area contributed by atoms with Crippen molar-refractivity contribution < 1.29 is 5.21 Å². The van der Waals surface area contributed by atoms with Crippen LogP contribution in [0.25, 0.3) is 0 Å². The second-order valence-corrected chi connectivity index (χ2v) is 5.12. The van der Waals surface area contributed by atoms with Gasteiger partial charge in [0.2, 0.25) is 0 Å². The van der Waals surface area contributed by atoms with E-state index in [-0.39, 0.29) is 5.84 Å². The number of hydrogen-bond donors (Lipinski definition) is 2. The number of aromatic nitrogens is 3. The molecule has 0 atom stereocenters. The zero-order valence-electron chi connectivity index (χ0n) is 8.86. The summed E-state index contributed by atoms with van der Waals surface area (Å²) in [5.41, 5.74) is 7.15. The molecule has 0 radical (unpaired) electrons.